The van der Waals surface area contributed by atoms with Crippen LogP contribution in [0.3, 0.4) is 0 Å². The first kappa shape index (κ1) is 21.3. The monoisotopic (exact) mass is 416 g/mol. The average Bonchev–Trinajstić information content (AvgIpc) is 2.77. The third-order valence-corrected chi connectivity index (χ3v) is 6.65. The molecule has 0 unspecified atom stereocenters. The van der Waals surface area contributed by atoms with Crippen LogP contribution in [0.4, 0.5) is 5.82 Å². The molecule has 1 aliphatic rings. The maximum absolute atomic E-state index is 12.7. The highest BCUT2D eigenvalue weighted by atomic mass is 32.2. The molecule has 0 bridgehead atoms. The van der Waals surface area contributed by atoms with Crippen molar-refractivity contribution in [1.29, 1.82) is 0 Å². The van der Waals surface area contributed by atoms with Crippen LogP contribution in [0.15, 0.2) is 52.6 Å². The first-order chi connectivity index (χ1) is 14.0. The lowest BCUT2D eigenvalue weighted by Crippen LogP contribution is -2.35. The predicted octanol–water partition coefficient (Wildman–Crippen LogP) is 3.88. The fourth-order valence-electron chi connectivity index (χ4n) is 3.07. The van der Waals surface area contributed by atoms with Crippen LogP contribution in [0.5, 0.6) is 5.75 Å². The van der Waals surface area contributed by atoms with Gasteiger partial charge in [-0.15, -0.1) is 0 Å². The molecule has 1 aromatic carbocycles. The second-order valence-corrected chi connectivity index (χ2v) is 8.96. The highest BCUT2D eigenvalue weighted by Gasteiger charge is 2.26. The van der Waals surface area contributed by atoms with E-state index < -0.39 is 10.0 Å². The molecule has 0 saturated carbocycles. The molecular weight excluding hydrogens is 388 g/mol. The lowest BCUT2D eigenvalue weighted by molar-refractivity contribution is 0.317. The van der Waals surface area contributed by atoms with Crippen LogP contribution in [-0.4, -0.2) is 43.1 Å². The molecule has 1 saturated heterocycles. The number of hydrazone groups is 1. The number of pyridine rings is 1. The summed E-state index contributed by atoms with van der Waals surface area (Å²) in [7, 11) is -3.47. The van der Waals surface area contributed by atoms with Gasteiger partial charge in [-0.05, 0) is 68.1 Å². The van der Waals surface area contributed by atoms with Crippen LogP contribution < -0.4 is 10.2 Å². The lowest BCUT2D eigenvalue weighted by atomic mass is 10.1. The fourth-order valence-corrected chi connectivity index (χ4v) is 4.53. The number of nitrogens with one attached hydrogen (secondary N) is 1. The van der Waals surface area contributed by atoms with E-state index in [0.29, 0.717) is 25.5 Å². The molecule has 0 spiro atoms. The normalized spacial score (nSPS) is 15.9. The van der Waals surface area contributed by atoms with Crippen molar-refractivity contribution < 1.29 is 13.2 Å². The van der Waals surface area contributed by atoms with Gasteiger partial charge in [0.2, 0.25) is 10.0 Å². The van der Waals surface area contributed by atoms with Gasteiger partial charge in [0.05, 0.1) is 12.3 Å². The van der Waals surface area contributed by atoms with Crippen molar-refractivity contribution >= 4 is 21.6 Å². The molecule has 0 amide bonds. The third-order valence-electron chi connectivity index (χ3n) is 4.77. The molecule has 1 N–H and O–H groups in total. The van der Waals surface area contributed by atoms with Gasteiger partial charge < -0.3 is 4.74 Å². The quantitative estimate of drug-likeness (QED) is 0.521. The number of anilines is 1. The van der Waals surface area contributed by atoms with E-state index in [1.54, 1.807) is 12.1 Å². The van der Waals surface area contributed by atoms with Gasteiger partial charge in [-0.1, -0.05) is 13.3 Å². The van der Waals surface area contributed by atoms with Gasteiger partial charge in [0.15, 0.2) is 0 Å². The van der Waals surface area contributed by atoms with Crippen molar-refractivity contribution in [2.24, 2.45) is 5.10 Å². The molecule has 29 heavy (non-hydrogen) atoms. The van der Waals surface area contributed by atoms with E-state index in [9.17, 15) is 8.42 Å². The van der Waals surface area contributed by atoms with Crippen molar-refractivity contribution in [3.63, 3.8) is 0 Å². The predicted molar refractivity (Wildman–Crippen MR) is 115 cm³/mol. The smallest absolute Gasteiger partial charge is 0.244 e. The molecular formula is C21H28N4O3S. The van der Waals surface area contributed by atoms with Crippen LogP contribution >= 0.6 is 0 Å². The fraction of sp³-hybridized carbons (Fsp3) is 0.429. The van der Waals surface area contributed by atoms with E-state index in [1.807, 2.05) is 31.2 Å². The summed E-state index contributed by atoms with van der Waals surface area (Å²) in [6, 6.07) is 10.9. The molecule has 2 aromatic rings. The topological polar surface area (TPSA) is 83.9 Å². The van der Waals surface area contributed by atoms with Gasteiger partial charge in [0.25, 0.3) is 0 Å². The summed E-state index contributed by atoms with van der Waals surface area (Å²) in [6.07, 6.45) is 5.26. The molecule has 0 radical (unpaired) electrons. The van der Waals surface area contributed by atoms with E-state index in [1.165, 1.54) is 10.5 Å². The Balaban J connectivity index is 1.63. The number of benzene rings is 1. The molecule has 1 aromatic heterocycles. The van der Waals surface area contributed by atoms with Crippen LogP contribution in [0.25, 0.3) is 0 Å². The largest absolute Gasteiger partial charge is 0.494 e. The molecule has 1 fully saturated rings. The van der Waals surface area contributed by atoms with Crippen molar-refractivity contribution in [2.45, 2.75) is 44.4 Å². The van der Waals surface area contributed by atoms with E-state index in [2.05, 4.69) is 22.4 Å². The van der Waals surface area contributed by atoms with Crippen molar-refractivity contribution in [1.82, 2.24) is 9.29 Å². The highest BCUT2D eigenvalue weighted by molar-refractivity contribution is 7.89. The second kappa shape index (κ2) is 9.84. The Labute approximate surface area is 172 Å². The number of ether oxygens (including phenoxy) is 1. The Hall–Kier alpha value is -2.45. The van der Waals surface area contributed by atoms with Gasteiger partial charge in [0.1, 0.15) is 16.5 Å². The number of hydrogen-bond donors (Lipinski definition) is 1. The maximum atomic E-state index is 12.7. The Bertz CT molecular complexity index is 919. The zero-order chi connectivity index (χ0) is 20.7. The van der Waals surface area contributed by atoms with Crippen LogP contribution in [0.1, 0.15) is 45.1 Å². The van der Waals surface area contributed by atoms with Crippen molar-refractivity contribution in [2.75, 3.05) is 25.1 Å². The Kier molecular flexibility index (Phi) is 7.22. The number of nitrogens with zero attached hydrogens (tertiary/aromatic N) is 3. The first-order valence-corrected chi connectivity index (χ1v) is 11.4. The van der Waals surface area contributed by atoms with Gasteiger partial charge in [0, 0.05) is 19.3 Å². The summed E-state index contributed by atoms with van der Waals surface area (Å²) >= 11 is 0. The first-order valence-electron chi connectivity index (χ1n) is 10.0. The van der Waals surface area contributed by atoms with Gasteiger partial charge in [-0.3, -0.25) is 5.43 Å². The Morgan fingerprint density at radius 1 is 1.14 bits per heavy atom. The van der Waals surface area contributed by atoms with Crippen LogP contribution in [-0.2, 0) is 10.0 Å². The molecule has 7 nitrogen and oxygen atoms in total. The lowest BCUT2D eigenvalue weighted by Gasteiger charge is -2.25. The van der Waals surface area contributed by atoms with Gasteiger partial charge in [-0.2, -0.15) is 9.41 Å². The van der Waals surface area contributed by atoms with E-state index in [0.717, 1.165) is 42.7 Å². The summed E-state index contributed by atoms with van der Waals surface area (Å²) in [5.74, 6) is 1.33. The summed E-state index contributed by atoms with van der Waals surface area (Å²) in [6.45, 7) is 5.82. The second-order valence-electron chi connectivity index (χ2n) is 7.03. The van der Waals surface area contributed by atoms with E-state index >= 15 is 0 Å². The Morgan fingerprint density at radius 2 is 1.86 bits per heavy atom. The molecule has 8 heteroatoms. The summed E-state index contributed by atoms with van der Waals surface area (Å²) in [5, 5.41) is 4.34. The van der Waals surface area contributed by atoms with Crippen LogP contribution in [0, 0.1) is 0 Å². The van der Waals surface area contributed by atoms with Crippen LogP contribution in [0.2, 0.25) is 0 Å². The standard InChI is InChI=1S/C21H28N4O3S/c1-3-15-28-19-9-7-18(8-10-19)17(2)23-24-21-12-11-20(16-22-21)29(26,27)25-13-5-4-6-14-25/h7-12,16H,3-6,13-15H2,1-2H3,(H,22,24)/b23-17+. The zero-order valence-electron chi connectivity index (χ0n) is 17.0. The summed E-state index contributed by atoms with van der Waals surface area (Å²) in [5.41, 5.74) is 4.64. The average molecular weight is 417 g/mol. The van der Waals surface area contributed by atoms with Gasteiger partial charge in [-0.25, -0.2) is 13.4 Å². The van der Waals surface area contributed by atoms with Gasteiger partial charge >= 0.3 is 0 Å². The maximum Gasteiger partial charge on any atom is 0.244 e. The molecule has 2 heterocycles. The highest BCUT2D eigenvalue weighted by Crippen LogP contribution is 2.21. The molecule has 0 aliphatic carbocycles. The number of piperidine rings is 1. The summed E-state index contributed by atoms with van der Waals surface area (Å²) < 4.78 is 32.5. The molecule has 0 atom stereocenters. The minimum Gasteiger partial charge on any atom is -0.494 e. The number of rotatable bonds is 8. The number of hydrogen-bond acceptors (Lipinski definition) is 6. The number of aromatic nitrogens is 1. The van der Waals surface area contributed by atoms with E-state index in [-0.39, 0.29) is 4.90 Å². The summed E-state index contributed by atoms with van der Waals surface area (Å²) in [4.78, 5) is 4.43. The minimum absolute atomic E-state index is 0.216. The van der Waals surface area contributed by atoms with E-state index in [4.69, 9.17) is 4.74 Å². The minimum atomic E-state index is -3.47. The molecule has 1 aliphatic heterocycles. The molecule has 156 valence electrons. The molecule has 3 rings (SSSR count). The van der Waals surface area contributed by atoms with Crippen molar-refractivity contribution in [3.8, 4) is 5.75 Å². The number of sulfonamides is 1. The van der Waals surface area contributed by atoms with Crippen molar-refractivity contribution in [3.05, 3.63) is 48.2 Å². The third kappa shape index (κ3) is 5.55. The zero-order valence-corrected chi connectivity index (χ0v) is 17.8. The Morgan fingerprint density at radius 3 is 2.48 bits per heavy atom. The SMILES string of the molecule is CCCOc1ccc(/C(C)=N/Nc2ccc(S(=O)(=O)N3CCCCC3)cn2)cc1.